The molecular weight excluding hydrogens is 388 g/mol. The number of nitrogens with zero attached hydrogens (tertiary/aromatic N) is 2. The zero-order valence-electron chi connectivity index (χ0n) is 18.6. The highest BCUT2D eigenvalue weighted by Gasteiger charge is 2.28. The topological polar surface area (TPSA) is 64.7 Å². The zero-order valence-corrected chi connectivity index (χ0v) is 18.6. The number of non-ortho nitro benzene ring substituents is 1. The second kappa shape index (κ2) is 10.2. The van der Waals surface area contributed by atoms with Gasteiger partial charge in [0, 0.05) is 29.8 Å². The van der Waals surface area contributed by atoms with Crippen molar-refractivity contribution in [3.8, 4) is 5.75 Å². The largest absolute Gasteiger partial charge is 0.488 e. The first-order chi connectivity index (χ1) is 14.9. The summed E-state index contributed by atoms with van der Waals surface area (Å²) in [4.78, 5) is 15.9. The molecule has 5 nitrogen and oxygen atoms in total. The first kappa shape index (κ1) is 22.5. The average molecular weight is 419 g/mol. The summed E-state index contributed by atoms with van der Waals surface area (Å²) >= 11 is 0. The van der Waals surface area contributed by atoms with Crippen LogP contribution in [-0.4, -0.2) is 17.2 Å². The van der Waals surface area contributed by atoms with Gasteiger partial charge < -0.3 is 4.74 Å². The van der Waals surface area contributed by atoms with Crippen molar-refractivity contribution in [2.45, 2.75) is 40.3 Å². The fourth-order valence-corrected chi connectivity index (χ4v) is 3.80. The maximum absolute atomic E-state index is 11.3. The van der Waals surface area contributed by atoms with Gasteiger partial charge in [-0.15, -0.1) is 0 Å². The predicted molar refractivity (Wildman–Crippen MR) is 126 cm³/mol. The lowest BCUT2D eigenvalue weighted by atomic mass is 9.78. The SMILES string of the molecule is CC(C)C1=CC=CC(C(C)C)C1N=Cc1cc([N+](=O)[O-])ccc1OCc1ccccc1. The maximum atomic E-state index is 11.3. The fraction of sp³-hybridized carbons (Fsp3) is 0.346. The van der Waals surface area contributed by atoms with E-state index in [9.17, 15) is 10.1 Å². The number of hydrogen-bond acceptors (Lipinski definition) is 4. The second-order valence-electron chi connectivity index (χ2n) is 8.50. The number of nitro groups is 1. The third kappa shape index (κ3) is 5.69. The van der Waals surface area contributed by atoms with Gasteiger partial charge >= 0.3 is 0 Å². The summed E-state index contributed by atoms with van der Waals surface area (Å²) in [5, 5.41) is 11.3. The Morgan fingerprint density at radius 3 is 2.52 bits per heavy atom. The van der Waals surface area contributed by atoms with Gasteiger partial charge in [0.2, 0.25) is 0 Å². The molecule has 1 aliphatic carbocycles. The third-order valence-corrected chi connectivity index (χ3v) is 5.58. The molecule has 5 heteroatoms. The fourth-order valence-electron chi connectivity index (χ4n) is 3.80. The molecule has 0 bridgehead atoms. The van der Waals surface area contributed by atoms with Crippen molar-refractivity contribution in [2.24, 2.45) is 22.7 Å². The Hall–Kier alpha value is -3.21. The Morgan fingerprint density at radius 1 is 1.13 bits per heavy atom. The van der Waals surface area contributed by atoms with E-state index < -0.39 is 4.92 Å². The van der Waals surface area contributed by atoms with E-state index in [0.717, 1.165) is 5.56 Å². The lowest BCUT2D eigenvalue weighted by Crippen LogP contribution is -2.28. The molecule has 1 aliphatic rings. The molecule has 0 fully saturated rings. The minimum Gasteiger partial charge on any atom is -0.488 e. The van der Waals surface area contributed by atoms with Crippen molar-refractivity contribution in [2.75, 3.05) is 0 Å². The van der Waals surface area contributed by atoms with E-state index in [0.29, 0.717) is 29.8 Å². The molecule has 0 amide bonds. The van der Waals surface area contributed by atoms with Gasteiger partial charge in [-0.3, -0.25) is 15.1 Å². The third-order valence-electron chi connectivity index (χ3n) is 5.58. The first-order valence-electron chi connectivity index (χ1n) is 10.7. The quantitative estimate of drug-likeness (QED) is 0.284. The van der Waals surface area contributed by atoms with Crippen LogP contribution in [0.15, 0.2) is 77.3 Å². The lowest BCUT2D eigenvalue weighted by molar-refractivity contribution is -0.384. The standard InChI is InChI=1S/C26H30N2O3/c1-18(2)23-11-8-12-24(19(3)4)26(23)27-16-21-15-22(28(29)30)13-14-25(21)31-17-20-9-6-5-7-10-20/h5-16,18-19,23,26H,17H2,1-4H3. The highest BCUT2D eigenvalue weighted by atomic mass is 16.6. The molecule has 31 heavy (non-hydrogen) atoms. The highest BCUT2D eigenvalue weighted by Crippen LogP contribution is 2.33. The molecule has 2 aromatic carbocycles. The van der Waals surface area contributed by atoms with E-state index in [-0.39, 0.29) is 17.6 Å². The predicted octanol–water partition coefficient (Wildman–Crippen LogP) is 6.39. The van der Waals surface area contributed by atoms with Gasteiger partial charge in [0.1, 0.15) is 12.4 Å². The molecule has 0 aliphatic heterocycles. The van der Waals surface area contributed by atoms with Crippen LogP contribution < -0.4 is 4.74 Å². The highest BCUT2D eigenvalue weighted by molar-refractivity contribution is 5.85. The normalized spacial score (nSPS) is 18.6. The van der Waals surface area contributed by atoms with Crippen molar-refractivity contribution in [3.63, 3.8) is 0 Å². The van der Waals surface area contributed by atoms with Crippen molar-refractivity contribution in [3.05, 3.63) is 93.6 Å². The molecule has 2 unspecified atom stereocenters. The van der Waals surface area contributed by atoms with Gasteiger partial charge in [0.15, 0.2) is 0 Å². The minimum atomic E-state index is -0.391. The van der Waals surface area contributed by atoms with Gasteiger partial charge in [0.05, 0.1) is 11.0 Å². The number of hydrogen-bond donors (Lipinski definition) is 0. The van der Waals surface area contributed by atoms with Crippen LogP contribution in [0.25, 0.3) is 0 Å². The van der Waals surface area contributed by atoms with Crippen LogP contribution in [0.5, 0.6) is 5.75 Å². The van der Waals surface area contributed by atoms with Gasteiger partial charge in [-0.2, -0.15) is 0 Å². The van der Waals surface area contributed by atoms with Crippen LogP contribution >= 0.6 is 0 Å². The van der Waals surface area contributed by atoms with E-state index in [1.165, 1.54) is 17.7 Å². The number of nitro benzene ring substituents is 1. The van der Waals surface area contributed by atoms with E-state index in [1.54, 1.807) is 12.3 Å². The summed E-state index contributed by atoms with van der Waals surface area (Å²) in [6.45, 7) is 9.13. The van der Waals surface area contributed by atoms with Gasteiger partial charge in [-0.25, -0.2) is 0 Å². The van der Waals surface area contributed by atoms with E-state index in [1.807, 2.05) is 30.3 Å². The van der Waals surface area contributed by atoms with Crippen LogP contribution in [0, 0.1) is 27.9 Å². The average Bonchev–Trinajstić information content (AvgIpc) is 2.76. The molecule has 0 saturated heterocycles. The van der Waals surface area contributed by atoms with E-state index in [4.69, 9.17) is 9.73 Å². The Morgan fingerprint density at radius 2 is 1.87 bits per heavy atom. The summed E-state index contributed by atoms with van der Waals surface area (Å²) in [5.41, 5.74) is 2.95. The summed E-state index contributed by atoms with van der Waals surface area (Å²) in [5.74, 6) is 1.67. The Bertz CT molecular complexity index is 991. The summed E-state index contributed by atoms with van der Waals surface area (Å²) in [6.07, 6.45) is 8.21. The Labute approximate surface area is 184 Å². The molecule has 0 radical (unpaired) electrons. The van der Waals surface area contributed by atoms with Crippen LogP contribution in [0.1, 0.15) is 38.8 Å². The summed E-state index contributed by atoms with van der Waals surface area (Å²) in [7, 11) is 0. The number of allylic oxidation sites excluding steroid dienone is 2. The molecule has 0 N–H and O–H groups in total. The number of rotatable bonds is 8. The van der Waals surface area contributed by atoms with Crippen molar-refractivity contribution in [1.29, 1.82) is 0 Å². The van der Waals surface area contributed by atoms with Crippen LogP contribution in [0.2, 0.25) is 0 Å². The minimum absolute atomic E-state index is 0.00577. The second-order valence-corrected chi connectivity index (χ2v) is 8.50. The Balaban J connectivity index is 1.92. The number of benzene rings is 2. The van der Waals surface area contributed by atoms with Gasteiger partial charge in [0.25, 0.3) is 5.69 Å². The molecule has 0 saturated carbocycles. The molecule has 162 valence electrons. The van der Waals surface area contributed by atoms with Crippen molar-refractivity contribution < 1.29 is 9.66 Å². The van der Waals surface area contributed by atoms with Gasteiger partial charge in [-0.05, 0) is 29.0 Å². The van der Waals surface area contributed by atoms with E-state index in [2.05, 4.69) is 45.9 Å². The first-order valence-corrected chi connectivity index (χ1v) is 10.7. The summed E-state index contributed by atoms with van der Waals surface area (Å²) < 4.78 is 6.00. The molecule has 2 atom stereocenters. The monoisotopic (exact) mass is 418 g/mol. The van der Waals surface area contributed by atoms with Crippen molar-refractivity contribution >= 4 is 11.9 Å². The molecule has 0 spiro atoms. The molecule has 0 heterocycles. The Kier molecular flexibility index (Phi) is 7.40. The van der Waals surface area contributed by atoms with E-state index >= 15 is 0 Å². The molecule has 2 aromatic rings. The van der Waals surface area contributed by atoms with Crippen LogP contribution in [-0.2, 0) is 6.61 Å². The number of aliphatic imine (C=N–C) groups is 1. The molecule has 0 aromatic heterocycles. The zero-order chi connectivity index (χ0) is 22.4. The maximum Gasteiger partial charge on any atom is 0.270 e. The molecule has 3 rings (SSSR count). The van der Waals surface area contributed by atoms with Crippen molar-refractivity contribution in [1.82, 2.24) is 0 Å². The number of ether oxygens (including phenoxy) is 1. The smallest absolute Gasteiger partial charge is 0.270 e. The van der Waals surface area contributed by atoms with Crippen LogP contribution in [0.3, 0.4) is 0 Å². The van der Waals surface area contributed by atoms with Crippen LogP contribution in [0.4, 0.5) is 5.69 Å². The lowest BCUT2D eigenvalue weighted by Gasteiger charge is -2.31. The van der Waals surface area contributed by atoms with Gasteiger partial charge in [-0.1, -0.05) is 76.3 Å². The summed E-state index contributed by atoms with van der Waals surface area (Å²) in [6, 6.07) is 14.5. The molecular formula is C26H30N2O3.